The maximum Gasteiger partial charge on any atom is 0.459 e. The van der Waals surface area contributed by atoms with Gasteiger partial charge in [0, 0.05) is 13.0 Å². The van der Waals surface area contributed by atoms with Crippen molar-refractivity contribution in [2.24, 2.45) is 0 Å². The highest BCUT2D eigenvalue weighted by Gasteiger charge is 2.58. The number of nitrogens with zero attached hydrogens (tertiary/aromatic N) is 1. The molecule has 14 heteroatoms. The zero-order valence-electron chi connectivity index (χ0n) is 22.2. The van der Waals surface area contributed by atoms with Crippen LogP contribution in [0, 0.1) is 0 Å². The van der Waals surface area contributed by atoms with Crippen LogP contribution in [0.4, 0.5) is 9.18 Å². The molecule has 3 N–H and O–H groups in total. The minimum absolute atomic E-state index is 0.0145. The Kier molecular flexibility index (Phi) is 7.82. The molecule has 0 aliphatic carbocycles. The number of hydrogen-bond donors (Lipinski definition) is 3. The quantitative estimate of drug-likeness (QED) is 0.300. The zero-order chi connectivity index (χ0) is 28.5. The number of benzene rings is 1. The highest BCUT2D eigenvalue weighted by atomic mass is 31.2. The molecule has 2 saturated heterocycles. The van der Waals surface area contributed by atoms with E-state index in [0.29, 0.717) is 0 Å². The summed E-state index contributed by atoms with van der Waals surface area (Å²) in [7, 11) is -4.79. The molecule has 2 fully saturated rings. The number of aliphatic hydroxyl groups excluding tert-OH is 1. The molecule has 0 bridgehead atoms. The first-order valence-corrected chi connectivity index (χ1v) is 12.8. The van der Waals surface area contributed by atoms with E-state index in [2.05, 4.69) is 5.09 Å². The molecule has 6 atom stereocenters. The third-order valence-electron chi connectivity index (χ3n) is 5.31. The second kappa shape index (κ2) is 11.2. The summed E-state index contributed by atoms with van der Waals surface area (Å²) in [6, 6.07) is 5.24. The van der Waals surface area contributed by atoms with Crippen LogP contribution < -0.4 is 14.9 Å². The third kappa shape index (κ3) is 6.60. The predicted octanol–water partition coefficient (Wildman–Crippen LogP) is 1.88. The number of carbonyl (C=O) groups excluding carboxylic acids is 3. The standard InChI is InChI=1S/C22H31FN3O9P/c1-13(2)33-19(29)14(3)25-36(31,35-15-8-6-5-7-9-15)32-12-16-18(28)22(4,23)20(34-16)26-11-10-17(27)24-21(26)30/h5-9,13-14,16,18,20,28H,10-12H2,1-4H3,(H,25,31)(H,24,27,30)/t14-,16+,18+,20+,22+,36-/m0/s1/i12D2. The van der Waals surface area contributed by atoms with Crippen molar-refractivity contribution in [1.29, 1.82) is 0 Å². The summed E-state index contributed by atoms with van der Waals surface area (Å²) in [5.41, 5.74) is -2.72. The highest BCUT2D eigenvalue weighted by Crippen LogP contribution is 2.46. The summed E-state index contributed by atoms with van der Waals surface area (Å²) in [4.78, 5) is 36.9. The lowest BCUT2D eigenvalue weighted by molar-refractivity contribution is -0.149. The van der Waals surface area contributed by atoms with Gasteiger partial charge in [-0.3, -0.25) is 24.3 Å². The molecule has 0 radical (unpaired) electrons. The van der Waals surface area contributed by atoms with Gasteiger partial charge in [-0.1, -0.05) is 18.2 Å². The summed E-state index contributed by atoms with van der Waals surface area (Å²) in [6.07, 6.45) is -6.80. The van der Waals surface area contributed by atoms with Gasteiger partial charge in [-0.25, -0.2) is 13.8 Å². The summed E-state index contributed by atoms with van der Waals surface area (Å²) < 4.78 is 67.3. The molecule has 0 spiro atoms. The van der Waals surface area contributed by atoms with Crippen LogP contribution in [0.15, 0.2) is 30.3 Å². The molecule has 3 rings (SSSR count). The number of alkyl halides is 1. The normalized spacial score (nSPS) is 30.2. The zero-order valence-corrected chi connectivity index (χ0v) is 21.1. The number of amides is 3. The lowest BCUT2D eigenvalue weighted by Gasteiger charge is -2.35. The van der Waals surface area contributed by atoms with Gasteiger partial charge in [-0.2, -0.15) is 5.09 Å². The molecule has 2 aliphatic heterocycles. The number of aliphatic hydroxyl groups is 1. The highest BCUT2D eigenvalue weighted by molar-refractivity contribution is 7.52. The first-order chi connectivity index (χ1) is 17.6. The molecule has 200 valence electrons. The SMILES string of the molecule is [2H]C([2H])(O[P@@](=O)(N[C@@H](C)C(=O)OC(C)C)Oc1ccccc1)[C@H]1O[C@@H](N2CCC(=O)NC2=O)[C@](C)(F)[C@@H]1O. The summed E-state index contributed by atoms with van der Waals surface area (Å²) in [5, 5.41) is 15.0. The number of halogens is 1. The number of rotatable bonds is 10. The Labute approximate surface area is 210 Å². The minimum Gasteiger partial charge on any atom is -0.462 e. The van der Waals surface area contributed by atoms with Crippen LogP contribution in [0.25, 0.3) is 0 Å². The molecular weight excluding hydrogens is 500 g/mol. The third-order valence-corrected chi connectivity index (χ3v) is 6.81. The van der Waals surface area contributed by atoms with E-state index in [-0.39, 0.29) is 18.7 Å². The van der Waals surface area contributed by atoms with Crippen LogP contribution >= 0.6 is 7.75 Å². The van der Waals surface area contributed by atoms with E-state index in [1.807, 2.05) is 5.32 Å². The van der Waals surface area contributed by atoms with Crippen molar-refractivity contribution in [3.63, 3.8) is 0 Å². The van der Waals surface area contributed by atoms with Crippen LogP contribution in [0.2, 0.25) is 0 Å². The largest absolute Gasteiger partial charge is 0.462 e. The van der Waals surface area contributed by atoms with E-state index < -0.39 is 68.5 Å². The maximum atomic E-state index is 15.6. The van der Waals surface area contributed by atoms with Crippen LogP contribution in [-0.2, 0) is 28.2 Å². The molecular formula is C22H31FN3O9P. The molecule has 0 aromatic heterocycles. The van der Waals surface area contributed by atoms with Crippen molar-refractivity contribution in [2.75, 3.05) is 13.1 Å². The average Bonchev–Trinajstić information content (AvgIpc) is 3.03. The first-order valence-electron chi connectivity index (χ1n) is 12.2. The van der Waals surface area contributed by atoms with Gasteiger partial charge < -0.3 is 19.1 Å². The van der Waals surface area contributed by atoms with Crippen LogP contribution in [0.3, 0.4) is 0 Å². The van der Waals surface area contributed by atoms with Gasteiger partial charge in [0.05, 0.1) is 15.4 Å². The number of nitrogens with one attached hydrogen (secondary N) is 2. The number of ether oxygens (including phenoxy) is 2. The van der Waals surface area contributed by atoms with E-state index in [4.69, 9.17) is 21.3 Å². The van der Waals surface area contributed by atoms with Crippen molar-refractivity contribution in [3.05, 3.63) is 30.3 Å². The number of esters is 1. The Balaban J connectivity index is 1.87. The van der Waals surface area contributed by atoms with Crippen LogP contribution in [0.1, 0.15) is 36.9 Å². The smallest absolute Gasteiger partial charge is 0.459 e. The fourth-order valence-electron chi connectivity index (χ4n) is 3.50. The Morgan fingerprint density at radius 3 is 2.67 bits per heavy atom. The molecule has 0 unspecified atom stereocenters. The molecule has 36 heavy (non-hydrogen) atoms. The van der Waals surface area contributed by atoms with Crippen molar-refractivity contribution < 1.29 is 49.7 Å². The first kappa shape index (κ1) is 25.1. The minimum atomic E-state index is -4.79. The Morgan fingerprint density at radius 2 is 2.06 bits per heavy atom. The average molecular weight is 533 g/mol. The molecule has 1 aromatic rings. The molecule has 12 nitrogen and oxygen atoms in total. The Morgan fingerprint density at radius 1 is 1.39 bits per heavy atom. The summed E-state index contributed by atoms with van der Waals surface area (Å²) in [5.74, 6) is -1.43. The van der Waals surface area contributed by atoms with E-state index in [0.717, 1.165) is 11.8 Å². The fraction of sp³-hybridized carbons (Fsp3) is 0.591. The molecule has 2 aliphatic rings. The van der Waals surface area contributed by atoms with Crippen molar-refractivity contribution in [1.82, 2.24) is 15.3 Å². The van der Waals surface area contributed by atoms with Crippen molar-refractivity contribution in [2.45, 2.75) is 70.4 Å². The van der Waals surface area contributed by atoms with E-state index in [1.165, 1.54) is 19.1 Å². The summed E-state index contributed by atoms with van der Waals surface area (Å²) >= 11 is 0. The van der Waals surface area contributed by atoms with Gasteiger partial charge >= 0.3 is 19.7 Å². The molecule has 1 aromatic carbocycles. The predicted molar refractivity (Wildman–Crippen MR) is 123 cm³/mol. The summed E-state index contributed by atoms with van der Waals surface area (Å²) in [6.45, 7) is 1.94. The molecule has 3 amide bonds. The van der Waals surface area contributed by atoms with Gasteiger partial charge in [-0.05, 0) is 39.8 Å². The number of urea groups is 1. The lowest BCUT2D eigenvalue weighted by Crippen LogP contribution is -2.59. The van der Waals surface area contributed by atoms with Crippen LogP contribution in [-0.4, -0.2) is 77.3 Å². The number of carbonyl (C=O) groups is 3. The Bertz CT molecular complexity index is 1100. The van der Waals surface area contributed by atoms with Crippen LogP contribution in [0.5, 0.6) is 5.75 Å². The molecule has 0 saturated carbocycles. The van der Waals surface area contributed by atoms with Gasteiger partial charge in [0.2, 0.25) is 5.91 Å². The second-order valence-electron chi connectivity index (χ2n) is 8.75. The van der Waals surface area contributed by atoms with Crippen molar-refractivity contribution in [3.8, 4) is 5.75 Å². The topological polar surface area (TPSA) is 153 Å². The molecule has 2 heterocycles. The number of imide groups is 1. The van der Waals surface area contributed by atoms with E-state index in [1.54, 1.807) is 32.0 Å². The number of hydrogen-bond acceptors (Lipinski definition) is 9. The number of para-hydroxylation sites is 1. The van der Waals surface area contributed by atoms with Gasteiger partial charge in [0.15, 0.2) is 11.9 Å². The lowest BCUT2D eigenvalue weighted by atomic mass is 9.97. The van der Waals surface area contributed by atoms with Gasteiger partial charge in [0.25, 0.3) is 0 Å². The fourth-order valence-corrected chi connectivity index (χ4v) is 4.86. The maximum absolute atomic E-state index is 15.6. The monoisotopic (exact) mass is 533 g/mol. The van der Waals surface area contributed by atoms with Gasteiger partial charge in [-0.15, -0.1) is 0 Å². The van der Waals surface area contributed by atoms with Gasteiger partial charge in [0.1, 0.15) is 24.0 Å². The van der Waals surface area contributed by atoms with Crippen molar-refractivity contribution >= 4 is 25.7 Å². The van der Waals surface area contributed by atoms with E-state index in [9.17, 15) is 24.1 Å². The van der Waals surface area contributed by atoms with E-state index >= 15 is 4.39 Å². The Hall–Kier alpha value is -2.57. The second-order valence-corrected chi connectivity index (χ2v) is 10.4.